The van der Waals surface area contributed by atoms with Crippen LogP contribution in [0.3, 0.4) is 0 Å². The Morgan fingerprint density at radius 2 is 1.62 bits per heavy atom. The van der Waals surface area contributed by atoms with Gasteiger partial charge in [-0.05, 0) is 24.6 Å². The lowest BCUT2D eigenvalue weighted by Gasteiger charge is -2.46. The van der Waals surface area contributed by atoms with E-state index in [4.69, 9.17) is 0 Å². The summed E-state index contributed by atoms with van der Waals surface area (Å²) in [6, 6.07) is 18.8. The maximum atomic E-state index is 12.9. The maximum Gasteiger partial charge on any atom is 0.305 e. The summed E-state index contributed by atoms with van der Waals surface area (Å²) >= 11 is 0. The summed E-state index contributed by atoms with van der Waals surface area (Å²) < 4.78 is 0. The molecule has 2 aromatic rings. The van der Waals surface area contributed by atoms with Crippen LogP contribution in [0.4, 0.5) is 0 Å². The van der Waals surface area contributed by atoms with E-state index in [1.165, 1.54) is 5.56 Å². The number of carboxylic acid groups (broad SMARTS) is 1. The minimum Gasteiger partial charge on any atom is -0.481 e. The van der Waals surface area contributed by atoms with Crippen LogP contribution in [0.15, 0.2) is 60.7 Å². The number of carbonyl (C=O) groups is 2. The predicted octanol–water partition coefficient (Wildman–Crippen LogP) is 2.88. The van der Waals surface area contributed by atoms with Gasteiger partial charge in [0.25, 0.3) is 5.91 Å². The lowest BCUT2D eigenvalue weighted by Crippen LogP contribution is -2.60. The number of amides is 1. The molecular formula is C21H24N2O3. The molecule has 0 bridgehead atoms. The number of rotatable bonds is 5. The molecule has 0 saturated carbocycles. The fourth-order valence-corrected chi connectivity index (χ4v) is 3.61. The molecule has 1 aliphatic rings. The van der Waals surface area contributed by atoms with Crippen LogP contribution in [-0.4, -0.2) is 52.0 Å². The number of aliphatic carboxylic acids is 1. The second-order valence-electron chi connectivity index (χ2n) is 6.73. The zero-order valence-electron chi connectivity index (χ0n) is 14.9. The third kappa shape index (κ3) is 4.11. The quantitative estimate of drug-likeness (QED) is 0.899. The smallest absolute Gasteiger partial charge is 0.305 e. The van der Waals surface area contributed by atoms with Crippen LogP contribution >= 0.6 is 0 Å². The van der Waals surface area contributed by atoms with Crippen molar-refractivity contribution in [2.45, 2.75) is 32.0 Å². The molecule has 1 N–H and O–H groups in total. The van der Waals surface area contributed by atoms with Crippen molar-refractivity contribution < 1.29 is 14.7 Å². The third-order valence-corrected chi connectivity index (χ3v) is 5.06. The standard InChI is InChI=1S/C21H24N2O3/c1-16-19(14-20(24)25)23(21(26)18-10-6-3-7-11-18)13-12-22(16)15-17-8-4-2-5-9-17/h2-11,16,19H,12-15H2,1H3,(H,24,25)/t16-,19-/m1/s1. The minimum atomic E-state index is -0.880. The van der Waals surface area contributed by atoms with Crippen LogP contribution in [0.2, 0.25) is 0 Å². The van der Waals surface area contributed by atoms with Gasteiger partial charge in [0, 0.05) is 31.2 Å². The summed E-state index contributed by atoms with van der Waals surface area (Å²) in [5, 5.41) is 9.37. The molecular weight excluding hydrogens is 328 g/mol. The Hall–Kier alpha value is -2.66. The number of benzene rings is 2. The molecule has 2 aromatic carbocycles. The molecule has 0 aromatic heterocycles. The van der Waals surface area contributed by atoms with E-state index in [1.807, 2.05) is 43.3 Å². The van der Waals surface area contributed by atoms with Gasteiger partial charge in [0.2, 0.25) is 0 Å². The van der Waals surface area contributed by atoms with E-state index in [2.05, 4.69) is 17.0 Å². The van der Waals surface area contributed by atoms with Gasteiger partial charge in [-0.15, -0.1) is 0 Å². The lowest BCUT2D eigenvalue weighted by molar-refractivity contribution is -0.139. The molecule has 2 atom stereocenters. The Balaban J connectivity index is 1.79. The van der Waals surface area contributed by atoms with Crippen molar-refractivity contribution in [3.63, 3.8) is 0 Å². The van der Waals surface area contributed by atoms with Gasteiger partial charge in [-0.3, -0.25) is 14.5 Å². The van der Waals surface area contributed by atoms with Gasteiger partial charge in [0.15, 0.2) is 0 Å². The van der Waals surface area contributed by atoms with E-state index in [0.29, 0.717) is 12.1 Å². The number of hydrogen-bond acceptors (Lipinski definition) is 3. The van der Waals surface area contributed by atoms with Crippen molar-refractivity contribution in [2.75, 3.05) is 13.1 Å². The number of piperazine rings is 1. The molecule has 1 amide bonds. The molecule has 0 aliphatic carbocycles. The van der Waals surface area contributed by atoms with Crippen LogP contribution in [0, 0.1) is 0 Å². The zero-order chi connectivity index (χ0) is 18.5. The average Bonchev–Trinajstić information content (AvgIpc) is 2.66. The topological polar surface area (TPSA) is 60.9 Å². The first-order chi connectivity index (χ1) is 12.6. The highest BCUT2D eigenvalue weighted by molar-refractivity contribution is 5.94. The van der Waals surface area contributed by atoms with E-state index in [1.54, 1.807) is 17.0 Å². The Morgan fingerprint density at radius 3 is 2.23 bits per heavy atom. The van der Waals surface area contributed by atoms with Crippen molar-refractivity contribution in [1.82, 2.24) is 9.80 Å². The molecule has 1 aliphatic heterocycles. The SMILES string of the molecule is C[C@@H]1[C@@H](CC(=O)O)N(C(=O)c2ccccc2)CCN1Cc1ccccc1. The largest absolute Gasteiger partial charge is 0.481 e. The monoisotopic (exact) mass is 352 g/mol. The highest BCUT2D eigenvalue weighted by Crippen LogP contribution is 2.24. The minimum absolute atomic E-state index is 0.0345. The van der Waals surface area contributed by atoms with Crippen LogP contribution < -0.4 is 0 Å². The molecule has 1 heterocycles. The zero-order valence-corrected chi connectivity index (χ0v) is 14.9. The van der Waals surface area contributed by atoms with Crippen LogP contribution in [0.5, 0.6) is 0 Å². The Kier molecular flexibility index (Phi) is 5.68. The molecule has 26 heavy (non-hydrogen) atoms. The summed E-state index contributed by atoms with van der Waals surface area (Å²) in [6.45, 7) is 4.03. The van der Waals surface area contributed by atoms with Gasteiger partial charge in [0.1, 0.15) is 0 Å². The summed E-state index contributed by atoms with van der Waals surface area (Å²) in [5.41, 5.74) is 1.79. The fourth-order valence-electron chi connectivity index (χ4n) is 3.61. The summed E-state index contributed by atoms with van der Waals surface area (Å²) in [7, 11) is 0. The van der Waals surface area contributed by atoms with Crippen molar-refractivity contribution in [2.24, 2.45) is 0 Å². The van der Waals surface area contributed by atoms with Crippen molar-refractivity contribution >= 4 is 11.9 Å². The number of carbonyl (C=O) groups excluding carboxylic acids is 1. The second kappa shape index (κ2) is 8.15. The van der Waals surface area contributed by atoms with Gasteiger partial charge in [-0.2, -0.15) is 0 Å². The van der Waals surface area contributed by atoms with E-state index >= 15 is 0 Å². The van der Waals surface area contributed by atoms with Crippen molar-refractivity contribution in [3.05, 3.63) is 71.8 Å². The number of nitrogens with zero attached hydrogens (tertiary/aromatic N) is 2. The van der Waals surface area contributed by atoms with Gasteiger partial charge in [-0.25, -0.2) is 0 Å². The summed E-state index contributed by atoms with van der Waals surface area (Å²) in [5.74, 6) is -0.975. The van der Waals surface area contributed by atoms with Gasteiger partial charge in [0.05, 0.1) is 12.5 Å². The molecule has 5 heteroatoms. The van der Waals surface area contributed by atoms with Crippen molar-refractivity contribution in [3.8, 4) is 0 Å². The first kappa shape index (κ1) is 18.1. The Morgan fingerprint density at radius 1 is 1.00 bits per heavy atom. The average molecular weight is 352 g/mol. The first-order valence-corrected chi connectivity index (χ1v) is 8.92. The molecule has 0 spiro atoms. The third-order valence-electron chi connectivity index (χ3n) is 5.06. The highest BCUT2D eigenvalue weighted by atomic mass is 16.4. The van der Waals surface area contributed by atoms with E-state index in [9.17, 15) is 14.7 Å². The van der Waals surface area contributed by atoms with Crippen molar-refractivity contribution in [1.29, 1.82) is 0 Å². The Labute approximate surface area is 153 Å². The molecule has 0 unspecified atom stereocenters. The highest BCUT2D eigenvalue weighted by Gasteiger charge is 2.37. The van der Waals surface area contributed by atoms with E-state index in [-0.39, 0.29) is 24.4 Å². The van der Waals surface area contributed by atoms with Crippen LogP contribution in [0.25, 0.3) is 0 Å². The fraction of sp³-hybridized carbons (Fsp3) is 0.333. The summed E-state index contributed by atoms with van der Waals surface area (Å²) in [6.07, 6.45) is -0.0506. The van der Waals surface area contributed by atoms with Gasteiger partial charge >= 0.3 is 5.97 Å². The molecule has 1 fully saturated rings. The van der Waals surface area contributed by atoms with Gasteiger partial charge < -0.3 is 10.0 Å². The Bertz CT molecular complexity index is 748. The molecule has 0 radical (unpaired) electrons. The number of hydrogen-bond donors (Lipinski definition) is 1. The normalized spacial score (nSPS) is 20.7. The summed E-state index contributed by atoms with van der Waals surface area (Å²) in [4.78, 5) is 28.3. The first-order valence-electron chi connectivity index (χ1n) is 8.92. The second-order valence-corrected chi connectivity index (χ2v) is 6.73. The lowest BCUT2D eigenvalue weighted by atomic mass is 9.97. The van der Waals surface area contributed by atoms with Crippen LogP contribution in [0.1, 0.15) is 29.3 Å². The molecule has 5 nitrogen and oxygen atoms in total. The molecule has 3 rings (SSSR count). The predicted molar refractivity (Wildman–Crippen MR) is 99.8 cm³/mol. The molecule has 1 saturated heterocycles. The number of carboxylic acids is 1. The van der Waals surface area contributed by atoms with E-state index < -0.39 is 5.97 Å². The maximum absolute atomic E-state index is 12.9. The van der Waals surface area contributed by atoms with Crippen LogP contribution in [-0.2, 0) is 11.3 Å². The van der Waals surface area contributed by atoms with E-state index in [0.717, 1.165) is 13.1 Å². The molecule has 136 valence electrons. The van der Waals surface area contributed by atoms with Gasteiger partial charge in [-0.1, -0.05) is 48.5 Å².